The van der Waals surface area contributed by atoms with E-state index < -0.39 is 4.92 Å². The molecule has 0 aromatic heterocycles. The lowest BCUT2D eigenvalue weighted by molar-refractivity contribution is -0.384. The predicted octanol–water partition coefficient (Wildman–Crippen LogP) is 6.11. The van der Waals surface area contributed by atoms with Gasteiger partial charge in [-0.1, -0.05) is 46.7 Å². The Morgan fingerprint density at radius 2 is 1.81 bits per heavy atom. The summed E-state index contributed by atoms with van der Waals surface area (Å²) < 4.78 is 12.1. The SMILES string of the molecule is CCc1ccc(N[C@H]2NC(=O)/C(=C/c3cc(OC)c(OCc4ccc([N+](=O)[O-])cc4)cc3Br)S2)cc1. The van der Waals surface area contributed by atoms with Crippen LogP contribution in [0.5, 0.6) is 11.5 Å². The Morgan fingerprint density at radius 3 is 2.44 bits per heavy atom. The molecule has 1 fully saturated rings. The van der Waals surface area contributed by atoms with Gasteiger partial charge in [-0.15, -0.1) is 0 Å². The fourth-order valence-corrected chi connectivity index (χ4v) is 4.92. The highest BCUT2D eigenvalue weighted by Gasteiger charge is 2.27. The summed E-state index contributed by atoms with van der Waals surface area (Å²) in [6, 6.07) is 17.9. The van der Waals surface area contributed by atoms with E-state index in [-0.39, 0.29) is 23.7 Å². The van der Waals surface area contributed by atoms with E-state index in [9.17, 15) is 14.9 Å². The van der Waals surface area contributed by atoms with Crippen LogP contribution >= 0.6 is 27.7 Å². The second kappa shape index (κ2) is 11.5. The number of non-ortho nitro benzene ring substituents is 1. The molecule has 3 aromatic carbocycles. The molecular weight excluding hydrogens is 546 g/mol. The number of nitrogens with zero attached hydrogens (tertiary/aromatic N) is 1. The molecule has 3 aromatic rings. The van der Waals surface area contributed by atoms with E-state index >= 15 is 0 Å². The Kier molecular flexibility index (Phi) is 8.17. The van der Waals surface area contributed by atoms with Crippen molar-refractivity contribution in [2.45, 2.75) is 25.4 Å². The van der Waals surface area contributed by atoms with Crippen LogP contribution < -0.4 is 20.1 Å². The van der Waals surface area contributed by atoms with Crippen LogP contribution in [0.1, 0.15) is 23.6 Å². The number of benzene rings is 3. The van der Waals surface area contributed by atoms with Crippen LogP contribution in [0.25, 0.3) is 6.08 Å². The highest BCUT2D eigenvalue weighted by atomic mass is 79.9. The van der Waals surface area contributed by atoms with Crippen molar-refractivity contribution in [2.24, 2.45) is 0 Å². The zero-order chi connectivity index (χ0) is 25.7. The van der Waals surface area contributed by atoms with Gasteiger partial charge in [0.25, 0.3) is 11.6 Å². The van der Waals surface area contributed by atoms with Crippen LogP contribution in [0.2, 0.25) is 0 Å². The first-order valence-electron chi connectivity index (χ1n) is 11.1. The summed E-state index contributed by atoms with van der Waals surface area (Å²) in [5.74, 6) is 0.844. The van der Waals surface area contributed by atoms with Crippen LogP contribution in [-0.4, -0.2) is 23.4 Å². The van der Waals surface area contributed by atoms with Crippen molar-refractivity contribution in [3.8, 4) is 11.5 Å². The number of amides is 1. The number of aryl methyl sites for hydroxylation is 1. The average molecular weight is 570 g/mol. The van der Waals surface area contributed by atoms with Gasteiger partial charge in [0.1, 0.15) is 6.61 Å². The van der Waals surface area contributed by atoms with Crippen molar-refractivity contribution in [1.82, 2.24) is 5.32 Å². The summed E-state index contributed by atoms with van der Waals surface area (Å²) in [4.78, 5) is 23.5. The molecule has 0 unspecified atom stereocenters. The second-order valence-corrected chi connectivity index (χ2v) is 9.91. The van der Waals surface area contributed by atoms with Gasteiger partial charge in [-0.05, 0) is 65.6 Å². The minimum Gasteiger partial charge on any atom is -0.493 e. The lowest BCUT2D eigenvalue weighted by Crippen LogP contribution is -2.30. The van der Waals surface area contributed by atoms with Crippen molar-refractivity contribution in [3.63, 3.8) is 0 Å². The number of thioether (sulfide) groups is 1. The maximum atomic E-state index is 12.6. The molecule has 186 valence electrons. The van der Waals surface area contributed by atoms with Crippen LogP contribution in [-0.2, 0) is 17.8 Å². The van der Waals surface area contributed by atoms with Gasteiger partial charge in [-0.25, -0.2) is 0 Å². The fourth-order valence-electron chi connectivity index (χ4n) is 3.50. The number of carbonyl (C=O) groups excluding carboxylic acids is 1. The molecule has 0 bridgehead atoms. The monoisotopic (exact) mass is 569 g/mol. The van der Waals surface area contributed by atoms with Gasteiger partial charge in [0.15, 0.2) is 17.0 Å². The minimum absolute atomic E-state index is 0.0251. The van der Waals surface area contributed by atoms with Crippen molar-refractivity contribution in [2.75, 3.05) is 12.4 Å². The van der Waals surface area contributed by atoms with Crippen molar-refractivity contribution < 1.29 is 19.2 Å². The topological polar surface area (TPSA) is 103 Å². The molecule has 1 saturated heterocycles. The number of ether oxygens (including phenoxy) is 2. The lowest BCUT2D eigenvalue weighted by atomic mass is 10.1. The molecule has 1 aliphatic heterocycles. The molecule has 0 saturated carbocycles. The summed E-state index contributed by atoms with van der Waals surface area (Å²) in [7, 11) is 1.54. The predicted molar refractivity (Wildman–Crippen MR) is 145 cm³/mol. The Balaban J connectivity index is 1.45. The number of nitro benzene ring substituents is 1. The van der Waals surface area contributed by atoms with E-state index in [0.717, 1.165) is 27.7 Å². The number of rotatable bonds is 9. The smallest absolute Gasteiger partial charge is 0.269 e. The van der Waals surface area contributed by atoms with Crippen LogP contribution in [0.4, 0.5) is 11.4 Å². The Labute approximate surface area is 221 Å². The van der Waals surface area contributed by atoms with Gasteiger partial charge < -0.3 is 20.1 Å². The molecular formula is C26H24BrN3O5S. The van der Waals surface area contributed by atoms with E-state index in [1.165, 1.54) is 29.5 Å². The number of anilines is 1. The highest BCUT2D eigenvalue weighted by Crippen LogP contribution is 2.37. The maximum Gasteiger partial charge on any atom is 0.269 e. The molecule has 0 radical (unpaired) electrons. The molecule has 0 aliphatic carbocycles. The van der Waals surface area contributed by atoms with Crippen LogP contribution in [0.15, 0.2) is 70.0 Å². The molecule has 1 heterocycles. The molecule has 4 rings (SSSR count). The second-order valence-electron chi connectivity index (χ2n) is 7.91. The number of hydrogen-bond donors (Lipinski definition) is 2. The third kappa shape index (κ3) is 6.19. The summed E-state index contributed by atoms with van der Waals surface area (Å²) >= 11 is 4.96. The first-order valence-corrected chi connectivity index (χ1v) is 12.8. The summed E-state index contributed by atoms with van der Waals surface area (Å²) in [6.07, 6.45) is 2.77. The molecule has 1 amide bonds. The summed E-state index contributed by atoms with van der Waals surface area (Å²) in [5, 5.41) is 17.1. The van der Waals surface area contributed by atoms with E-state index in [0.29, 0.717) is 16.4 Å². The van der Waals surface area contributed by atoms with E-state index in [1.54, 1.807) is 37.5 Å². The summed E-state index contributed by atoms with van der Waals surface area (Å²) in [5.41, 5.74) is 3.48. The average Bonchev–Trinajstić information content (AvgIpc) is 3.22. The number of halogens is 1. The van der Waals surface area contributed by atoms with Gasteiger partial charge in [-0.3, -0.25) is 14.9 Å². The number of nitrogens with one attached hydrogen (secondary N) is 2. The molecule has 8 nitrogen and oxygen atoms in total. The fraction of sp³-hybridized carbons (Fsp3) is 0.192. The van der Waals surface area contributed by atoms with E-state index in [1.807, 2.05) is 12.1 Å². The highest BCUT2D eigenvalue weighted by molar-refractivity contribution is 9.10. The standard InChI is InChI=1S/C26H24BrN3O5S/c1-3-16-4-8-19(9-5-16)28-26-29-25(31)24(36-26)13-18-12-22(34-2)23(14-21(18)27)35-15-17-6-10-20(11-7-17)30(32)33/h4-14,26,28H,3,15H2,1-2H3,(H,29,31)/b24-13-/t26-/m0/s1. The lowest BCUT2D eigenvalue weighted by Gasteiger charge is -2.13. The first kappa shape index (κ1) is 25.6. The number of nitro groups is 1. The van der Waals surface area contributed by atoms with Crippen LogP contribution in [0, 0.1) is 10.1 Å². The Morgan fingerprint density at radius 1 is 1.11 bits per heavy atom. The zero-order valence-corrected chi connectivity index (χ0v) is 22.0. The molecule has 0 spiro atoms. The van der Waals surface area contributed by atoms with Crippen molar-refractivity contribution in [1.29, 1.82) is 0 Å². The first-order chi connectivity index (χ1) is 17.4. The molecule has 36 heavy (non-hydrogen) atoms. The van der Waals surface area contributed by atoms with E-state index in [4.69, 9.17) is 9.47 Å². The normalized spacial score (nSPS) is 16.0. The number of methoxy groups -OCH3 is 1. The summed E-state index contributed by atoms with van der Waals surface area (Å²) in [6.45, 7) is 2.32. The zero-order valence-electron chi connectivity index (χ0n) is 19.6. The Bertz CT molecular complexity index is 1300. The van der Waals surface area contributed by atoms with Gasteiger partial charge in [0, 0.05) is 22.3 Å². The van der Waals surface area contributed by atoms with Gasteiger partial charge in [0.2, 0.25) is 0 Å². The Hall–Kier alpha value is -3.50. The third-order valence-electron chi connectivity index (χ3n) is 5.50. The number of carbonyl (C=O) groups is 1. The number of hydrogen-bond acceptors (Lipinski definition) is 7. The largest absolute Gasteiger partial charge is 0.493 e. The maximum absolute atomic E-state index is 12.6. The van der Waals surface area contributed by atoms with Crippen molar-refractivity contribution in [3.05, 3.63) is 96.8 Å². The third-order valence-corrected chi connectivity index (χ3v) is 7.22. The van der Waals surface area contributed by atoms with Gasteiger partial charge in [0.05, 0.1) is 16.9 Å². The van der Waals surface area contributed by atoms with Crippen LogP contribution in [0.3, 0.4) is 0 Å². The van der Waals surface area contributed by atoms with Gasteiger partial charge >= 0.3 is 0 Å². The van der Waals surface area contributed by atoms with E-state index in [2.05, 4.69) is 45.6 Å². The minimum atomic E-state index is -0.442. The molecule has 1 atom stereocenters. The molecule has 1 aliphatic rings. The van der Waals surface area contributed by atoms with Crippen molar-refractivity contribution >= 4 is 51.0 Å². The van der Waals surface area contributed by atoms with Gasteiger partial charge in [-0.2, -0.15) is 0 Å². The quantitative estimate of drug-likeness (QED) is 0.182. The molecule has 10 heteroatoms. The molecule has 2 N–H and O–H groups in total.